The summed E-state index contributed by atoms with van der Waals surface area (Å²) in [4.78, 5) is 17.4. The highest BCUT2D eigenvalue weighted by atomic mass is 16.4. The van der Waals surface area contributed by atoms with E-state index in [0.717, 1.165) is 28.5 Å². The van der Waals surface area contributed by atoms with Crippen molar-refractivity contribution in [2.45, 2.75) is 20.3 Å². The number of hydrogen-bond acceptors (Lipinski definition) is 5. The van der Waals surface area contributed by atoms with Crippen molar-refractivity contribution in [1.82, 2.24) is 4.98 Å². The van der Waals surface area contributed by atoms with E-state index in [1.165, 1.54) is 6.07 Å². The highest BCUT2D eigenvalue weighted by molar-refractivity contribution is 6.06. The van der Waals surface area contributed by atoms with Crippen molar-refractivity contribution in [3.63, 3.8) is 0 Å². The molecule has 31 heavy (non-hydrogen) atoms. The van der Waals surface area contributed by atoms with Crippen LogP contribution in [-0.2, 0) is 6.42 Å². The van der Waals surface area contributed by atoms with Crippen LogP contribution in [0.3, 0.4) is 0 Å². The first-order chi connectivity index (χ1) is 15.0. The number of furan rings is 1. The average Bonchev–Trinajstić information content (AvgIpc) is 3.35. The van der Waals surface area contributed by atoms with Crippen LogP contribution >= 0.6 is 0 Å². The number of nitrogens with zero attached hydrogens (tertiary/aromatic N) is 1. The van der Waals surface area contributed by atoms with Gasteiger partial charge in [0, 0.05) is 16.6 Å². The maximum absolute atomic E-state index is 12.8. The first-order valence-electron chi connectivity index (χ1n) is 10.1. The van der Waals surface area contributed by atoms with E-state index in [4.69, 9.17) is 8.83 Å². The zero-order chi connectivity index (χ0) is 21.5. The highest BCUT2D eigenvalue weighted by Crippen LogP contribution is 2.34. The lowest BCUT2D eigenvalue weighted by Crippen LogP contribution is -2.12. The third kappa shape index (κ3) is 3.32. The molecule has 0 fully saturated rings. The molecule has 2 heterocycles. The van der Waals surface area contributed by atoms with Crippen molar-refractivity contribution < 1.29 is 18.7 Å². The average molecular weight is 412 g/mol. The number of para-hydroxylation sites is 1. The van der Waals surface area contributed by atoms with Crippen molar-refractivity contribution in [1.29, 1.82) is 0 Å². The molecular weight excluding hydrogens is 392 g/mol. The minimum Gasteiger partial charge on any atom is -0.507 e. The van der Waals surface area contributed by atoms with Crippen molar-refractivity contribution >= 4 is 33.7 Å². The third-order valence-electron chi connectivity index (χ3n) is 5.39. The van der Waals surface area contributed by atoms with Crippen LogP contribution in [0.5, 0.6) is 5.75 Å². The second-order valence-corrected chi connectivity index (χ2v) is 7.41. The number of aryl methyl sites for hydroxylation is 2. The van der Waals surface area contributed by atoms with Crippen LogP contribution in [0.25, 0.3) is 33.5 Å². The van der Waals surface area contributed by atoms with E-state index in [-0.39, 0.29) is 23.3 Å². The molecule has 0 saturated carbocycles. The number of carbonyl (C=O) groups is 1. The molecule has 0 aliphatic rings. The summed E-state index contributed by atoms with van der Waals surface area (Å²) in [6.45, 7) is 3.93. The molecule has 5 rings (SSSR count). The Morgan fingerprint density at radius 3 is 2.68 bits per heavy atom. The SMILES string of the molecule is CCc1ccc2oc(-c3cc(NC(=O)c4oc5ccccc5c4C)ccc3O)nc2c1. The first kappa shape index (κ1) is 18.9. The molecule has 0 unspecified atom stereocenters. The lowest BCUT2D eigenvalue weighted by molar-refractivity contribution is 0.0998. The zero-order valence-electron chi connectivity index (χ0n) is 17.1. The fourth-order valence-electron chi connectivity index (χ4n) is 3.67. The van der Waals surface area contributed by atoms with E-state index in [2.05, 4.69) is 17.2 Å². The third-order valence-corrected chi connectivity index (χ3v) is 5.39. The molecule has 0 atom stereocenters. The number of amides is 1. The molecule has 2 N–H and O–H groups in total. The van der Waals surface area contributed by atoms with Gasteiger partial charge in [-0.1, -0.05) is 31.2 Å². The largest absolute Gasteiger partial charge is 0.507 e. The molecule has 6 heteroatoms. The van der Waals surface area contributed by atoms with Crippen molar-refractivity contribution in [2.24, 2.45) is 0 Å². The lowest BCUT2D eigenvalue weighted by atomic mass is 10.1. The van der Waals surface area contributed by atoms with Gasteiger partial charge in [0.25, 0.3) is 5.91 Å². The number of phenolic OH excluding ortho intramolecular Hbond substituents is 1. The van der Waals surface area contributed by atoms with Crippen molar-refractivity contribution in [3.8, 4) is 17.2 Å². The van der Waals surface area contributed by atoms with Gasteiger partial charge in [0.15, 0.2) is 11.3 Å². The molecule has 0 aliphatic carbocycles. The number of rotatable bonds is 4. The molecular formula is C25H20N2O4. The normalized spacial score (nSPS) is 11.3. The van der Waals surface area contributed by atoms with Gasteiger partial charge in [-0.15, -0.1) is 0 Å². The summed E-state index contributed by atoms with van der Waals surface area (Å²) in [5.74, 6) is 0.192. The van der Waals surface area contributed by atoms with Crippen molar-refractivity contribution in [3.05, 3.63) is 77.6 Å². The Bertz CT molecular complexity index is 1450. The second kappa shape index (κ2) is 7.32. The number of aromatic hydroxyl groups is 1. The van der Waals surface area contributed by atoms with Gasteiger partial charge >= 0.3 is 0 Å². The van der Waals surface area contributed by atoms with Gasteiger partial charge in [-0.3, -0.25) is 4.79 Å². The summed E-state index contributed by atoms with van der Waals surface area (Å²) in [5.41, 5.74) is 4.84. The van der Waals surface area contributed by atoms with Gasteiger partial charge < -0.3 is 19.3 Å². The van der Waals surface area contributed by atoms with Crippen LogP contribution in [0, 0.1) is 6.92 Å². The smallest absolute Gasteiger partial charge is 0.291 e. The quantitative estimate of drug-likeness (QED) is 0.350. The minimum atomic E-state index is -0.365. The molecule has 154 valence electrons. The Morgan fingerprint density at radius 1 is 1.03 bits per heavy atom. The Hall–Kier alpha value is -4.06. The molecule has 0 bridgehead atoms. The number of carbonyl (C=O) groups excluding carboxylic acids is 1. The summed E-state index contributed by atoms with van der Waals surface area (Å²) >= 11 is 0. The summed E-state index contributed by atoms with van der Waals surface area (Å²) in [6, 6.07) is 18.1. The highest BCUT2D eigenvalue weighted by Gasteiger charge is 2.19. The zero-order valence-corrected chi connectivity index (χ0v) is 17.1. The van der Waals surface area contributed by atoms with E-state index in [1.54, 1.807) is 12.1 Å². The number of oxazole rings is 1. The van der Waals surface area contributed by atoms with Crippen LogP contribution in [0.2, 0.25) is 0 Å². The molecule has 3 aromatic carbocycles. The standard InChI is InChI=1S/C25H20N2O4/c1-3-15-8-11-22-19(12-15)27-25(31-22)18-13-16(9-10-20(18)28)26-24(29)23-14(2)17-6-4-5-7-21(17)30-23/h4-13,28H,3H2,1-2H3,(H,26,29). The van der Waals surface area contributed by atoms with E-state index in [0.29, 0.717) is 22.4 Å². The first-order valence-corrected chi connectivity index (χ1v) is 10.1. The number of benzene rings is 3. The Labute approximate surface area is 178 Å². The van der Waals surface area contributed by atoms with Crippen LogP contribution in [-0.4, -0.2) is 16.0 Å². The van der Waals surface area contributed by atoms with E-state index < -0.39 is 0 Å². The number of nitrogens with one attached hydrogen (secondary N) is 1. The molecule has 0 spiro atoms. The monoisotopic (exact) mass is 412 g/mol. The van der Waals surface area contributed by atoms with Gasteiger partial charge in [-0.2, -0.15) is 0 Å². The Balaban J connectivity index is 1.48. The van der Waals surface area contributed by atoms with Crippen LogP contribution in [0.1, 0.15) is 28.6 Å². The van der Waals surface area contributed by atoms with Crippen LogP contribution < -0.4 is 5.32 Å². The van der Waals surface area contributed by atoms with E-state index in [1.807, 2.05) is 49.4 Å². The summed E-state index contributed by atoms with van der Waals surface area (Å²) in [5, 5.41) is 14.1. The predicted molar refractivity (Wildman–Crippen MR) is 119 cm³/mol. The fraction of sp³-hybridized carbons (Fsp3) is 0.120. The van der Waals surface area contributed by atoms with E-state index >= 15 is 0 Å². The fourth-order valence-corrected chi connectivity index (χ4v) is 3.67. The van der Waals surface area contributed by atoms with E-state index in [9.17, 15) is 9.90 Å². The summed E-state index contributed by atoms with van der Waals surface area (Å²) in [6.07, 6.45) is 0.895. The van der Waals surface area contributed by atoms with Gasteiger partial charge in [-0.05, 0) is 55.3 Å². The second-order valence-electron chi connectivity index (χ2n) is 7.41. The number of hydrogen-bond donors (Lipinski definition) is 2. The number of aromatic nitrogens is 1. The lowest BCUT2D eigenvalue weighted by Gasteiger charge is -2.07. The number of anilines is 1. The minimum absolute atomic E-state index is 0.0141. The summed E-state index contributed by atoms with van der Waals surface area (Å²) in [7, 11) is 0. The molecule has 0 saturated heterocycles. The molecule has 6 nitrogen and oxygen atoms in total. The summed E-state index contributed by atoms with van der Waals surface area (Å²) < 4.78 is 11.6. The Morgan fingerprint density at radius 2 is 1.87 bits per heavy atom. The number of phenols is 1. The molecule has 0 aliphatic heterocycles. The van der Waals surface area contributed by atoms with Gasteiger partial charge in [-0.25, -0.2) is 4.98 Å². The maximum atomic E-state index is 12.8. The Kier molecular flexibility index (Phi) is 4.47. The van der Waals surface area contributed by atoms with Crippen LogP contribution in [0.4, 0.5) is 5.69 Å². The molecule has 5 aromatic rings. The molecule has 0 radical (unpaired) electrons. The van der Waals surface area contributed by atoms with Crippen molar-refractivity contribution in [2.75, 3.05) is 5.32 Å². The van der Waals surface area contributed by atoms with Gasteiger partial charge in [0.2, 0.25) is 5.89 Å². The predicted octanol–water partition coefficient (Wildman–Crippen LogP) is 6.07. The molecule has 2 aromatic heterocycles. The topological polar surface area (TPSA) is 88.5 Å². The van der Waals surface area contributed by atoms with Gasteiger partial charge in [0.05, 0.1) is 5.56 Å². The maximum Gasteiger partial charge on any atom is 0.291 e. The molecule has 1 amide bonds. The number of fused-ring (bicyclic) bond motifs is 2. The van der Waals surface area contributed by atoms with Gasteiger partial charge in [0.1, 0.15) is 16.8 Å². The van der Waals surface area contributed by atoms with Crippen LogP contribution in [0.15, 0.2) is 69.5 Å².